The predicted molar refractivity (Wildman–Crippen MR) is 110 cm³/mol. The topological polar surface area (TPSA) is 46.2 Å². The molecule has 140 valence electrons. The van der Waals surface area contributed by atoms with Crippen molar-refractivity contribution in [1.82, 2.24) is 19.8 Å². The quantitative estimate of drug-likeness (QED) is 0.674. The molecule has 0 spiro atoms. The second kappa shape index (κ2) is 7.19. The largest absolute Gasteiger partial charge is 0.467 e. The molecule has 0 unspecified atom stereocenters. The van der Waals surface area contributed by atoms with Gasteiger partial charge in [0.15, 0.2) is 5.11 Å². The van der Waals surface area contributed by atoms with Gasteiger partial charge in [0.05, 0.1) is 30.6 Å². The summed E-state index contributed by atoms with van der Waals surface area (Å²) in [6.07, 6.45) is 3.56. The third-order valence-electron chi connectivity index (χ3n) is 5.36. The molecule has 0 aliphatic carbocycles. The Morgan fingerprint density at radius 2 is 2.07 bits per heavy atom. The van der Waals surface area contributed by atoms with Crippen LogP contribution < -0.4 is 5.32 Å². The van der Waals surface area contributed by atoms with E-state index in [1.165, 1.54) is 17.0 Å². The van der Waals surface area contributed by atoms with E-state index in [9.17, 15) is 0 Å². The van der Waals surface area contributed by atoms with Crippen molar-refractivity contribution in [2.45, 2.75) is 39.4 Å². The zero-order valence-corrected chi connectivity index (χ0v) is 16.7. The van der Waals surface area contributed by atoms with Crippen molar-refractivity contribution < 1.29 is 4.42 Å². The molecule has 4 rings (SSSR count). The Hall–Kier alpha value is -2.60. The first-order chi connectivity index (χ1) is 13.1. The molecule has 1 saturated heterocycles. The minimum atomic E-state index is 0.0382. The highest BCUT2D eigenvalue weighted by molar-refractivity contribution is 7.80. The summed E-state index contributed by atoms with van der Waals surface area (Å²) >= 11 is 5.64. The van der Waals surface area contributed by atoms with Gasteiger partial charge in [-0.3, -0.25) is 4.98 Å². The number of nitrogens with zero attached hydrogens (tertiary/aromatic N) is 3. The van der Waals surface area contributed by atoms with Crippen LogP contribution in [0.25, 0.3) is 0 Å². The van der Waals surface area contributed by atoms with Gasteiger partial charge in [0.25, 0.3) is 0 Å². The summed E-state index contributed by atoms with van der Waals surface area (Å²) in [5, 5.41) is 4.27. The van der Waals surface area contributed by atoms with Crippen LogP contribution in [-0.4, -0.2) is 26.1 Å². The Balaban J connectivity index is 1.76. The third-order valence-corrected chi connectivity index (χ3v) is 5.72. The van der Waals surface area contributed by atoms with Gasteiger partial charge in [0, 0.05) is 24.1 Å². The zero-order chi connectivity index (χ0) is 19.0. The highest BCUT2D eigenvalue weighted by atomic mass is 32.1. The van der Waals surface area contributed by atoms with Crippen molar-refractivity contribution >= 4 is 17.3 Å². The number of hydrogen-bond acceptors (Lipinski definition) is 3. The first-order valence-corrected chi connectivity index (χ1v) is 9.68. The van der Waals surface area contributed by atoms with Crippen LogP contribution in [0.15, 0.2) is 53.3 Å². The van der Waals surface area contributed by atoms with Crippen LogP contribution >= 0.6 is 12.2 Å². The molecule has 4 heterocycles. The molecular weight excluding hydrogens is 356 g/mol. The van der Waals surface area contributed by atoms with Gasteiger partial charge in [-0.2, -0.15) is 0 Å². The molecule has 6 heteroatoms. The van der Waals surface area contributed by atoms with Crippen LogP contribution in [0.3, 0.4) is 0 Å². The lowest BCUT2D eigenvalue weighted by molar-refractivity contribution is 0.329. The molecule has 2 atom stereocenters. The summed E-state index contributed by atoms with van der Waals surface area (Å²) in [4.78, 5) is 6.85. The van der Waals surface area contributed by atoms with E-state index in [4.69, 9.17) is 16.6 Å². The second-order valence-corrected chi connectivity index (χ2v) is 7.29. The minimum absolute atomic E-state index is 0.0382. The standard InChI is InChI=1S/C21H24N4OS/c1-4-24-20(19(23-21(24)27)18-9-5-6-10-22-18)17-12-14(2)25(15(17)3)13-16-8-7-11-26-16/h5-12,19-20H,4,13H2,1-3H3,(H,23,27)/t19-,20-/m0/s1. The molecule has 1 N–H and O–H groups in total. The molecule has 0 radical (unpaired) electrons. The van der Waals surface area contributed by atoms with Crippen LogP contribution in [0.4, 0.5) is 0 Å². The van der Waals surface area contributed by atoms with E-state index >= 15 is 0 Å². The van der Waals surface area contributed by atoms with Crippen molar-refractivity contribution in [3.05, 3.63) is 77.3 Å². The van der Waals surface area contributed by atoms with Gasteiger partial charge in [-0.25, -0.2) is 0 Å². The number of rotatable bonds is 5. The summed E-state index contributed by atoms with van der Waals surface area (Å²) in [6.45, 7) is 8.04. The molecule has 5 nitrogen and oxygen atoms in total. The molecule has 0 aromatic carbocycles. The summed E-state index contributed by atoms with van der Waals surface area (Å²) in [5.41, 5.74) is 4.74. The Labute approximate surface area is 165 Å². The number of pyridine rings is 1. The lowest BCUT2D eigenvalue weighted by Crippen LogP contribution is -2.29. The summed E-state index contributed by atoms with van der Waals surface area (Å²) in [5.74, 6) is 0.956. The number of aromatic nitrogens is 2. The third kappa shape index (κ3) is 3.14. The van der Waals surface area contributed by atoms with Crippen LogP contribution in [0.5, 0.6) is 0 Å². The summed E-state index contributed by atoms with van der Waals surface area (Å²) in [7, 11) is 0. The van der Waals surface area contributed by atoms with E-state index in [0.717, 1.165) is 29.7 Å². The van der Waals surface area contributed by atoms with E-state index < -0.39 is 0 Å². The van der Waals surface area contributed by atoms with E-state index in [2.05, 4.69) is 52.7 Å². The lowest BCUT2D eigenvalue weighted by Gasteiger charge is -2.27. The van der Waals surface area contributed by atoms with Gasteiger partial charge in [0.1, 0.15) is 5.76 Å². The first-order valence-electron chi connectivity index (χ1n) is 9.27. The highest BCUT2D eigenvalue weighted by Crippen LogP contribution is 2.40. The number of aryl methyl sites for hydroxylation is 1. The Kier molecular flexibility index (Phi) is 4.74. The summed E-state index contributed by atoms with van der Waals surface area (Å²) in [6, 6.07) is 12.4. The lowest BCUT2D eigenvalue weighted by atomic mass is 9.97. The normalized spacial score (nSPS) is 19.5. The SMILES string of the molecule is CCN1C(=S)N[C@@H](c2ccccn2)[C@@H]1c1cc(C)n(Cc2ccco2)c1C. The summed E-state index contributed by atoms with van der Waals surface area (Å²) < 4.78 is 7.86. The molecule has 0 amide bonds. The average Bonchev–Trinajstić information content (AvgIpc) is 3.37. The van der Waals surface area contributed by atoms with Crippen LogP contribution in [0.1, 0.15) is 47.4 Å². The molecule has 0 bridgehead atoms. The van der Waals surface area contributed by atoms with Crippen molar-refractivity contribution in [1.29, 1.82) is 0 Å². The molecule has 3 aromatic heterocycles. The molecule has 0 saturated carbocycles. The van der Waals surface area contributed by atoms with E-state index in [1.807, 2.05) is 30.5 Å². The number of nitrogens with one attached hydrogen (secondary N) is 1. The van der Waals surface area contributed by atoms with E-state index in [1.54, 1.807) is 6.26 Å². The minimum Gasteiger partial charge on any atom is -0.467 e. The van der Waals surface area contributed by atoms with E-state index in [-0.39, 0.29) is 12.1 Å². The molecule has 1 aliphatic heterocycles. The molecule has 1 aliphatic rings. The highest BCUT2D eigenvalue weighted by Gasteiger charge is 2.40. The van der Waals surface area contributed by atoms with Crippen molar-refractivity contribution in [3.8, 4) is 0 Å². The van der Waals surface area contributed by atoms with Gasteiger partial charge in [-0.15, -0.1) is 0 Å². The van der Waals surface area contributed by atoms with Gasteiger partial charge in [-0.05, 0) is 68.9 Å². The maximum atomic E-state index is 5.64. The average molecular weight is 381 g/mol. The molecule has 3 aromatic rings. The number of thiocarbonyl (C=S) groups is 1. The fourth-order valence-electron chi connectivity index (χ4n) is 4.01. The van der Waals surface area contributed by atoms with Crippen LogP contribution in [0, 0.1) is 13.8 Å². The van der Waals surface area contributed by atoms with Gasteiger partial charge >= 0.3 is 0 Å². The number of furan rings is 1. The fourth-order valence-corrected chi connectivity index (χ4v) is 4.38. The van der Waals surface area contributed by atoms with Gasteiger partial charge < -0.3 is 19.2 Å². The van der Waals surface area contributed by atoms with Crippen LogP contribution in [-0.2, 0) is 6.54 Å². The van der Waals surface area contributed by atoms with E-state index in [0.29, 0.717) is 0 Å². The maximum Gasteiger partial charge on any atom is 0.170 e. The first kappa shape index (κ1) is 17.8. The number of likely N-dealkylation sites (N-methyl/N-ethyl adjacent to an activating group) is 1. The zero-order valence-electron chi connectivity index (χ0n) is 15.8. The Bertz CT molecular complexity index is 933. The number of hydrogen-bond donors (Lipinski definition) is 1. The van der Waals surface area contributed by atoms with Crippen molar-refractivity contribution in [2.75, 3.05) is 6.54 Å². The second-order valence-electron chi connectivity index (χ2n) is 6.90. The Morgan fingerprint density at radius 3 is 2.74 bits per heavy atom. The molecule has 1 fully saturated rings. The molecule has 27 heavy (non-hydrogen) atoms. The fraction of sp³-hybridized carbons (Fsp3) is 0.333. The van der Waals surface area contributed by atoms with Crippen molar-refractivity contribution in [2.24, 2.45) is 0 Å². The Morgan fingerprint density at radius 1 is 1.22 bits per heavy atom. The van der Waals surface area contributed by atoms with Crippen LogP contribution in [0.2, 0.25) is 0 Å². The molecular formula is C21H24N4OS. The maximum absolute atomic E-state index is 5.64. The van der Waals surface area contributed by atoms with Gasteiger partial charge in [0.2, 0.25) is 0 Å². The van der Waals surface area contributed by atoms with Crippen molar-refractivity contribution in [3.63, 3.8) is 0 Å². The van der Waals surface area contributed by atoms with Gasteiger partial charge in [-0.1, -0.05) is 6.07 Å². The monoisotopic (exact) mass is 380 g/mol. The smallest absolute Gasteiger partial charge is 0.170 e. The predicted octanol–water partition coefficient (Wildman–Crippen LogP) is 4.13.